The molecule has 4 heteroatoms. The molecule has 0 aliphatic heterocycles. The van der Waals surface area contributed by atoms with Gasteiger partial charge >= 0.3 is 5.63 Å². The fourth-order valence-electron chi connectivity index (χ4n) is 3.47. The van der Waals surface area contributed by atoms with E-state index in [0.29, 0.717) is 28.2 Å². The second-order valence-corrected chi connectivity index (χ2v) is 6.57. The van der Waals surface area contributed by atoms with E-state index in [-0.39, 0.29) is 5.63 Å². The summed E-state index contributed by atoms with van der Waals surface area (Å²) in [5.41, 5.74) is 4.25. The molecule has 0 radical (unpaired) electrons. The minimum Gasteiger partial charge on any atom is -0.493 e. The van der Waals surface area contributed by atoms with Crippen LogP contribution in [-0.2, 0) is 0 Å². The van der Waals surface area contributed by atoms with Crippen LogP contribution in [0.1, 0.15) is 5.56 Å². The number of hydrogen-bond acceptors (Lipinski definition) is 4. The number of aryl methyl sites for hydroxylation is 1. The number of benzene rings is 3. The Hall–Kier alpha value is -3.53. The first-order valence-electron chi connectivity index (χ1n) is 8.97. The van der Waals surface area contributed by atoms with Crippen LogP contribution in [0.3, 0.4) is 0 Å². The Morgan fingerprint density at radius 3 is 2.21 bits per heavy atom. The van der Waals surface area contributed by atoms with Crippen molar-refractivity contribution in [1.82, 2.24) is 0 Å². The van der Waals surface area contributed by atoms with E-state index in [1.807, 2.05) is 61.5 Å². The molecule has 4 nitrogen and oxygen atoms in total. The van der Waals surface area contributed by atoms with Gasteiger partial charge in [-0.3, -0.25) is 0 Å². The van der Waals surface area contributed by atoms with Crippen LogP contribution >= 0.6 is 0 Å². The summed E-state index contributed by atoms with van der Waals surface area (Å²) in [5.74, 6) is 1.16. The lowest BCUT2D eigenvalue weighted by Gasteiger charge is -2.14. The summed E-state index contributed by atoms with van der Waals surface area (Å²) in [6.07, 6.45) is 0. The van der Waals surface area contributed by atoms with Crippen LogP contribution in [0.2, 0.25) is 0 Å². The second kappa shape index (κ2) is 7.24. The highest BCUT2D eigenvalue weighted by atomic mass is 16.5. The lowest BCUT2D eigenvalue weighted by atomic mass is 9.92. The summed E-state index contributed by atoms with van der Waals surface area (Å²) in [6.45, 7) is 1.98. The third-order valence-corrected chi connectivity index (χ3v) is 4.80. The Morgan fingerprint density at radius 2 is 1.50 bits per heavy atom. The minimum atomic E-state index is -0.385. The van der Waals surface area contributed by atoms with E-state index in [2.05, 4.69) is 0 Å². The van der Waals surface area contributed by atoms with E-state index in [1.54, 1.807) is 26.4 Å². The van der Waals surface area contributed by atoms with E-state index in [4.69, 9.17) is 13.9 Å². The Morgan fingerprint density at radius 1 is 0.750 bits per heavy atom. The summed E-state index contributed by atoms with van der Waals surface area (Å²) < 4.78 is 16.5. The van der Waals surface area contributed by atoms with Crippen molar-refractivity contribution < 1.29 is 13.9 Å². The summed E-state index contributed by atoms with van der Waals surface area (Å²) >= 11 is 0. The Bertz CT molecular complexity index is 1210. The van der Waals surface area contributed by atoms with Crippen LogP contribution in [0.15, 0.2) is 75.9 Å². The molecular weight excluding hydrogens is 352 g/mol. The molecule has 3 aromatic carbocycles. The van der Waals surface area contributed by atoms with Gasteiger partial charge in [0.1, 0.15) is 5.58 Å². The van der Waals surface area contributed by atoms with E-state index in [9.17, 15) is 4.79 Å². The number of hydrogen-bond donors (Lipinski definition) is 0. The zero-order valence-electron chi connectivity index (χ0n) is 16.0. The molecule has 0 saturated heterocycles. The van der Waals surface area contributed by atoms with Gasteiger partial charge in [0.25, 0.3) is 0 Å². The molecule has 0 fully saturated rings. The van der Waals surface area contributed by atoms with Crippen molar-refractivity contribution in [3.8, 4) is 33.8 Å². The molecule has 0 unspecified atom stereocenters. The topological polar surface area (TPSA) is 48.7 Å². The Labute approximate surface area is 163 Å². The van der Waals surface area contributed by atoms with E-state index < -0.39 is 0 Å². The van der Waals surface area contributed by atoms with Crippen molar-refractivity contribution in [2.75, 3.05) is 14.2 Å². The summed E-state index contributed by atoms with van der Waals surface area (Å²) in [5, 5.41) is 0.890. The van der Waals surface area contributed by atoms with Crippen molar-refractivity contribution in [1.29, 1.82) is 0 Å². The molecule has 0 atom stereocenters. The van der Waals surface area contributed by atoms with Crippen LogP contribution in [0.4, 0.5) is 0 Å². The van der Waals surface area contributed by atoms with Crippen molar-refractivity contribution in [2.45, 2.75) is 6.92 Å². The molecule has 28 heavy (non-hydrogen) atoms. The molecular formula is C24H20O4. The van der Waals surface area contributed by atoms with Crippen LogP contribution in [0.25, 0.3) is 33.2 Å². The number of ether oxygens (including phenoxy) is 2. The molecule has 0 N–H and O–H groups in total. The Balaban J connectivity index is 2.10. The van der Waals surface area contributed by atoms with Crippen molar-refractivity contribution in [3.63, 3.8) is 0 Å². The maximum Gasteiger partial charge on any atom is 0.344 e. The molecule has 4 rings (SSSR count). The van der Waals surface area contributed by atoms with Gasteiger partial charge in [-0.1, -0.05) is 48.5 Å². The smallest absolute Gasteiger partial charge is 0.344 e. The molecule has 0 aliphatic carbocycles. The molecule has 0 bridgehead atoms. The van der Waals surface area contributed by atoms with E-state index >= 15 is 0 Å². The third-order valence-electron chi connectivity index (χ3n) is 4.80. The molecule has 4 aromatic rings. The first kappa shape index (κ1) is 17.9. The second-order valence-electron chi connectivity index (χ2n) is 6.57. The van der Waals surface area contributed by atoms with E-state index in [1.165, 1.54) is 0 Å². The molecule has 0 aliphatic rings. The van der Waals surface area contributed by atoms with Gasteiger partial charge in [-0.25, -0.2) is 4.79 Å². The van der Waals surface area contributed by atoms with Crippen LogP contribution in [0.5, 0.6) is 11.5 Å². The zero-order valence-corrected chi connectivity index (χ0v) is 16.0. The normalized spacial score (nSPS) is 10.8. The molecule has 0 amide bonds. The highest BCUT2D eigenvalue weighted by Crippen LogP contribution is 2.39. The van der Waals surface area contributed by atoms with Gasteiger partial charge in [0.15, 0.2) is 11.5 Å². The highest BCUT2D eigenvalue weighted by molar-refractivity contribution is 6.01. The fraction of sp³-hybridized carbons (Fsp3) is 0.125. The summed E-state index contributed by atoms with van der Waals surface area (Å²) in [7, 11) is 3.16. The first-order chi connectivity index (χ1) is 13.6. The maximum atomic E-state index is 13.1. The van der Waals surface area contributed by atoms with Gasteiger partial charge in [0.05, 0.1) is 19.8 Å². The standard InChI is InChI=1S/C24H20O4/c1-15-9-11-18-20(13-15)28-24(25)23(22(18)16-7-5-4-6-8-16)17-10-12-19(26-2)21(14-17)27-3/h4-14H,1-3H3. The van der Waals surface area contributed by atoms with Crippen molar-refractivity contribution in [2.24, 2.45) is 0 Å². The monoisotopic (exact) mass is 372 g/mol. The average molecular weight is 372 g/mol. The van der Waals surface area contributed by atoms with Gasteiger partial charge in [-0.15, -0.1) is 0 Å². The van der Waals surface area contributed by atoms with Crippen LogP contribution < -0.4 is 15.1 Å². The van der Waals surface area contributed by atoms with Gasteiger partial charge < -0.3 is 13.9 Å². The molecule has 1 heterocycles. The van der Waals surface area contributed by atoms with Gasteiger partial charge in [0, 0.05) is 10.9 Å². The summed E-state index contributed by atoms with van der Waals surface area (Å²) in [4.78, 5) is 13.1. The zero-order chi connectivity index (χ0) is 19.7. The molecule has 140 valence electrons. The molecule has 0 saturated carbocycles. The largest absolute Gasteiger partial charge is 0.493 e. The van der Waals surface area contributed by atoms with E-state index in [0.717, 1.165) is 22.1 Å². The molecule has 0 spiro atoms. The predicted octanol–water partition coefficient (Wildman–Crippen LogP) is 5.45. The lowest BCUT2D eigenvalue weighted by Crippen LogP contribution is -2.06. The first-order valence-corrected chi connectivity index (χ1v) is 8.97. The third kappa shape index (κ3) is 3.03. The van der Waals surface area contributed by atoms with Gasteiger partial charge in [0.2, 0.25) is 0 Å². The average Bonchev–Trinajstić information content (AvgIpc) is 2.72. The maximum absolute atomic E-state index is 13.1. The van der Waals surface area contributed by atoms with Crippen molar-refractivity contribution >= 4 is 11.0 Å². The number of rotatable bonds is 4. The van der Waals surface area contributed by atoms with Gasteiger partial charge in [-0.2, -0.15) is 0 Å². The highest BCUT2D eigenvalue weighted by Gasteiger charge is 2.19. The minimum absolute atomic E-state index is 0.385. The SMILES string of the molecule is COc1ccc(-c2c(-c3ccccc3)c3ccc(C)cc3oc2=O)cc1OC. The summed E-state index contributed by atoms with van der Waals surface area (Å²) in [6, 6.07) is 21.2. The quantitative estimate of drug-likeness (QED) is 0.447. The predicted molar refractivity (Wildman–Crippen MR) is 111 cm³/mol. The number of fused-ring (bicyclic) bond motifs is 1. The van der Waals surface area contributed by atoms with Crippen LogP contribution in [0, 0.1) is 6.92 Å². The van der Waals surface area contributed by atoms with Crippen molar-refractivity contribution in [3.05, 3.63) is 82.7 Å². The Kier molecular flexibility index (Phi) is 4.62. The van der Waals surface area contributed by atoms with Gasteiger partial charge in [-0.05, 0) is 41.8 Å². The lowest BCUT2D eigenvalue weighted by molar-refractivity contribution is 0.355. The number of methoxy groups -OCH3 is 2. The molecule has 1 aromatic heterocycles. The van der Waals surface area contributed by atoms with Crippen LogP contribution in [-0.4, -0.2) is 14.2 Å². The fourth-order valence-corrected chi connectivity index (χ4v) is 3.47.